The first-order chi connectivity index (χ1) is 19.1. The normalized spacial score (nSPS) is 20.1. The van der Waals surface area contributed by atoms with Gasteiger partial charge >= 0.3 is 15.0 Å². The summed E-state index contributed by atoms with van der Waals surface area (Å²) in [6.45, 7) is 3.54. The summed E-state index contributed by atoms with van der Waals surface area (Å²) in [5, 5.41) is 14.5. The van der Waals surface area contributed by atoms with Crippen molar-refractivity contribution in [2.75, 3.05) is 13.1 Å². The summed E-state index contributed by atoms with van der Waals surface area (Å²) in [7, 11) is -4.28. The number of hydrogen-bond donors (Lipinski definition) is 1. The van der Waals surface area contributed by atoms with E-state index >= 15 is 0 Å². The Kier molecular flexibility index (Phi) is 7.43. The van der Waals surface area contributed by atoms with E-state index in [1.165, 1.54) is 29.5 Å². The quantitative estimate of drug-likeness (QED) is 0.316. The molecule has 1 aromatic carbocycles. The number of pyridine rings is 1. The Morgan fingerprint density at radius 1 is 1.20 bits per heavy atom. The number of benzene rings is 1. The topological polar surface area (TPSA) is 157 Å². The number of carbonyl (C=O) groups is 3. The van der Waals surface area contributed by atoms with Crippen molar-refractivity contribution in [3.05, 3.63) is 72.0 Å². The molecule has 40 heavy (non-hydrogen) atoms. The van der Waals surface area contributed by atoms with E-state index < -0.39 is 57.3 Å². The van der Waals surface area contributed by atoms with Crippen LogP contribution in [0, 0.1) is 11.1 Å². The van der Waals surface area contributed by atoms with Crippen LogP contribution in [0.4, 0.5) is 0 Å². The number of hydrogen-bond acceptors (Lipinski definition) is 8. The Labute approximate surface area is 231 Å². The molecule has 2 aliphatic rings. The van der Waals surface area contributed by atoms with Gasteiger partial charge in [-0.25, -0.2) is 13.4 Å². The van der Waals surface area contributed by atoms with Crippen LogP contribution in [-0.2, 0) is 19.6 Å². The number of fused-ring (bicyclic) bond motifs is 1. The molecule has 2 amide bonds. The molecule has 0 spiro atoms. The summed E-state index contributed by atoms with van der Waals surface area (Å²) in [4.78, 5) is 45.2. The molecule has 210 valence electrons. The van der Waals surface area contributed by atoms with E-state index in [0.717, 1.165) is 16.1 Å². The largest absolute Gasteiger partial charge is 0.618 e. The van der Waals surface area contributed by atoms with Gasteiger partial charge in [-0.05, 0) is 37.0 Å². The molecule has 12 nitrogen and oxygen atoms in total. The molecular formula is C27H29N5O7S. The van der Waals surface area contributed by atoms with Crippen molar-refractivity contribution in [2.45, 2.75) is 49.8 Å². The summed E-state index contributed by atoms with van der Waals surface area (Å²) < 4.78 is 33.1. The number of amides is 2. The molecular weight excluding hydrogens is 538 g/mol. The summed E-state index contributed by atoms with van der Waals surface area (Å²) in [6.07, 6.45) is 4.51. The highest BCUT2D eigenvalue weighted by atomic mass is 32.2. The molecule has 2 aliphatic heterocycles. The molecule has 0 aliphatic carbocycles. The lowest BCUT2D eigenvalue weighted by molar-refractivity contribution is -0.646. The highest BCUT2D eigenvalue weighted by molar-refractivity contribution is 7.89. The van der Waals surface area contributed by atoms with Gasteiger partial charge < -0.3 is 19.8 Å². The van der Waals surface area contributed by atoms with E-state index in [0.29, 0.717) is 17.7 Å². The van der Waals surface area contributed by atoms with Crippen molar-refractivity contribution in [3.63, 3.8) is 0 Å². The van der Waals surface area contributed by atoms with Crippen molar-refractivity contribution in [1.82, 2.24) is 19.5 Å². The number of aromatic nitrogens is 2. The van der Waals surface area contributed by atoms with Crippen LogP contribution in [0.1, 0.15) is 37.0 Å². The third kappa shape index (κ3) is 5.09. The second-order valence-corrected chi connectivity index (χ2v) is 12.1. The number of Topliss-reactive ketones (excluding diaryl/α,β-unsaturated/α-hetero) is 1. The van der Waals surface area contributed by atoms with E-state index in [-0.39, 0.29) is 23.6 Å². The molecule has 2 aromatic heterocycles. The number of oxazole rings is 1. The Morgan fingerprint density at radius 2 is 1.95 bits per heavy atom. The maximum Gasteiger partial charge on any atom is 0.323 e. The van der Waals surface area contributed by atoms with Crippen LogP contribution in [0.15, 0.2) is 70.7 Å². The molecule has 2 fully saturated rings. The van der Waals surface area contributed by atoms with Gasteiger partial charge in [-0.3, -0.25) is 14.4 Å². The number of nitrogens with zero attached hydrogens (tertiary/aromatic N) is 4. The molecule has 2 saturated heterocycles. The Morgan fingerprint density at radius 3 is 2.60 bits per heavy atom. The number of nitrogens with one attached hydrogen (secondary N) is 1. The first kappa shape index (κ1) is 27.5. The van der Waals surface area contributed by atoms with Gasteiger partial charge in [-0.1, -0.05) is 26.0 Å². The van der Waals surface area contributed by atoms with Crippen LogP contribution >= 0.6 is 0 Å². The molecule has 3 atom stereocenters. The molecule has 1 N–H and O–H groups in total. The second kappa shape index (κ2) is 10.8. The van der Waals surface area contributed by atoms with Crippen LogP contribution in [0.25, 0.3) is 11.3 Å². The Balaban J connectivity index is 1.34. The fourth-order valence-corrected chi connectivity index (χ4v) is 7.01. The van der Waals surface area contributed by atoms with E-state index in [1.807, 2.05) is 13.8 Å². The predicted molar refractivity (Wildman–Crippen MR) is 141 cm³/mol. The first-order valence-corrected chi connectivity index (χ1v) is 14.3. The van der Waals surface area contributed by atoms with Crippen LogP contribution in [0.3, 0.4) is 0 Å². The zero-order valence-electron chi connectivity index (χ0n) is 22.0. The Bertz CT molecular complexity index is 1520. The van der Waals surface area contributed by atoms with Crippen LogP contribution in [-0.4, -0.2) is 71.4 Å². The molecule has 5 rings (SSSR count). The Hall–Kier alpha value is -4.10. The fourth-order valence-electron chi connectivity index (χ4n) is 5.35. The van der Waals surface area contributed by atoms with E-state index in [1.54, 1.807) is 30.5 Å². The van der Waals surface area contributed by atoms with E-state index in [2.05, 4.69) is 10.3 Å². The second-order valence-electron chi connectivity index (χ2n) is 10.3. The van der Waals surface area contributed by atoms with Crippen molar-refractivity contribution in [3.8, 4) is 11.3 Å². The minimum absolute atomic E-state index is 0.0446. The van der Waals surface area contributed by atoms with Gasteiger partial charge in [0.15, 0.2) is 24.1 Å². The third-order valence-corrected chi connectivity index (χ3v) is 9.06. The predicted octanol–water partition coefficient (Wildman–Crippen LogP) is 1.36. The van der Waals surface area contributed by atoms with Crippen molar-refractivity contribution >= 4 is 27.6 Å². The summed E-state index contributed by atoms with van der Waals surface area (Å²) >= 11 is 0. The van der Waals surface area contributed by atoms with Crippen LogP contribution < -0.4 is 10.0 Å². The molecule has 4 heterocycles. The van der Waals surface area contributed by atoms with Crippen LogP contribution in [0.5, 0.6) is 0 Å². The van der Waals surface area contributed by atoms with Gasteiger partial charge in [0.05, 0.1) is 18.8 Å². The highest BCUT2D eigenvalue weighted by Crippen LogP contribution is 2.34. The van der Waals surface area contributed by atoms with Crippen molar-refractivity contribution in [2.24, 2.45) is 5.92 Å². The minimum Gasteiger partial charge on any atom is -0.618 e. The average Bonchev–Trinajstić information content (AvgIpc) is 3.67. The third-order valence-electron chi connectivity index (χ3n) is 7.20. The lowest BCUT2D eigenvalue weighted by Gasteiger charge is -2.29. The lowest BCUT2D eigenvalue weighted by Crippen LogP contribution is -2.53. The lowest BCUT2D eigenvalue weighted by atomic mass is 10.0. The molecule has 0 bridgehead atoms. The molecule has 3 unspecified atom stereocenters. The van der Waals surface area contributed by atoms with Gasteiger partial charge in [-0.15, -0.1) is 0 Å². The smallest absolute Gasteiger partial charge is 0.323 e. The van der Waals surface area contributed by atoms with Crippen LogP contribution in [0.2, 0.25) is 0 Å². The number of likely N-dealkylation sites (tertiary alicyclic amines) is 1. The maximum atomic E-state index is 13.7. The van der Waals surface area contributed by atoms with Gasteiger partial charge in [0.25, 0.3) is 5.91 Å². The van der Waals surface area contributed by atoms with Crippen molar-refractivity contribution < 1.29 is 31.9 Å². The van der Waals surface area contributed by atoms with Gasteiger partial charge in [0, 0.05) is 29.8 Å². The number of rotatable bonds is 8. The van der Waals surface area contributed by atoms with Gasteiger partial charge in [0.2, 0.25) is 5.91 Å². The zero-order chi connectivity index (χ0) is 28.6. The average molecular weight is 568 g/mol. The van der Waals surface area contributed by atoms with E-state index in [9.17, 15) is 28.0 Å². The van der Waals surface area contributed by atoms with E-state index in [4.69, 9.17) is 4.42 Å². The summed E-state index contributed by atoms with van der Waals surface area (Å²) in [5.74, 6) is -0.726. The van der Waals surface area contributed by atoms with Gasteiger partial charge in [-0.2, -0.15) is 9.04 Å². The number of ketones is 1. The minimum atomic E-state index is -4.28. The number of carbonyl (C=O) groups excluding carboxylic acids is 3. The number of sulfonamides is 1. The van der Waals surface area contributed by atoms with Gasteiger partial charge in [0.1, 0.15) is 12.1 Å². The SMILES string of the molecule is CC(C)CC(NC(=O)c1ccc(-c2cnco2)cc1)C(=O)N1CCC2C1C(=O)CN2S(=O)(=O)c1cccc[n+]1[O-]. The summed E-state index contributed by atoms with van der Waals surface area (Å²) in [5.41, 5.74) is 1.08. The molecule has 0 radical (unpaired) electrons. The molecule has 3 aromatic rings. The monoisotopic (exact) mass is 567 g/mol. The maximum absolute atomic E-state index is 13.7. The standard InChI is InChI=1S/C27H29N5O7S/c1-17(2)13-20(29-26(34)19-8-6-18(7-9-19)23-14-28-16-39-23)27(35)30-12-10-21-25(30)22(33)15-32(21)40(37,38)24-5-3-4-11-31(24)36/h3-9,11,14,16-17,20-21,25H,10,12-13,15H2,1-2H3,(H,29,34). The van der Waals surface area contributed by atoms with Crippen molar-refractivity contribution in [1.29, 1.82) is 0 Å². The molecule has 0 saturated carbocycles. The summed E-state index contributed by atoms with van der Waals surface area (Å²) in [6, 6.07) is 7.99. The fraction of sp³-hybridized carbons (Fsp3) is 0.370. The zero-order valence-corrected chi connectivity index (χ0v) is 22.8. The highest BCUT2D eigenvalue weighted by Gasteiger charge is 2.55. The molecule has 13 heteroatoms. The first-order valence-electron chi connectivity index (χ1n) is 12.9.